The van der Waals surface area contributed by atoms with Gasteiger partial charge in [0.2, 0.25) is 0 Å². The lowest BCUT2D eigenvalue weighted by Crippen LogP contribution is -2.37. The largest absolute Gasteiger partial charge is 0.484 e. The Morgan fingerprint density at radius 2 is 1.65 bits per heavy atom. The molecular formula is C25H31N3O3. The molecule has 6 heteroatoms. The Hall–Kier alpha value is -2.86. The van der Waals surface area contributed by atoms with Crippen LogP contribution in [0.2, 0.25) is 0 Å². The first-order valence-electron chi connectivity index (χ1n) is 11.2. The monoisotopic (exact) mass is 421 g/mol. The molecule has 0 bridgehead atoms. The van der Waals surface area contributed by atoms with Crippen LogP contribution in [0.1, 0.15) is 53.1 Å². The molecule has 0 unspecified atom stereocenters. The summed E-state index contributed by atoms with van der Waals surface area (Å²) in [5.74, 6) is 1.16. The fraction of sp³-hybridized carbons (Fsp3) is 0.440. The zero-order chi connectivity index (χ0) is 21.6. The number of hydrogen-bond acceptors (Lipinski definition) is 4. The fourth-order valence-corrected chi connectivity index (χ4v) is 4.47. The first kappa shape index (κ1) is 21.4. The van der Waals surface area contributed by atoms with Gasteiger partial charge < -0.3 is 20.3 Å². The van der Waals surface area contributed by atoms with E-state index in [4.69, 9.17) is 10.5 Å². The second kappa shape index (κ2) is 9.96. The van der Waals surface area contributed by atoms with Crippen molar-refractivity contribution in [2.75, 3.05) is 32.8 Å². The summed E-state index contributed by atoms with van der Waals surface area (Å²) in [7, 11) is 0. The number of carbonyl (C=O) groups is 2. The highest BCUT2D eigenvalue weighted by molar-refractivity contribution is 5.94. The number of nitrogens with zero attached hydrogens (tertiary/aromatic N) is 2. The number of hydrogen-bond donors (Lipinski definition) is 1. The minimum absolute atomic E-state index is 0.0255. The number of likely N-dealkylation sites (tertiary alicyclic amines) is 2. The van der Waals surface area contributed by atoms with Gasteiger partial charge in [0.25, 0.3) is 11.8 Å². The molecule has 2 N–H and O–H groups in total. The smallest absolute Gasteiger partial charge is 0.260 e. The molecule has 0 radical (unpaired) electrons. The number of benzene rings is 2. The highest BCUT2D eigenvalue weighted by Crippen LogP contribution is 2.29. The Balaban J connectivity index is 1.28. The van der Waals surface area contributed by atoms with Crippen LogP contribution >= 0.6 is 0 Å². The van der Waals surface area contributed by atoms with E-state index in [0.29, 0.717) is 23.8 Å². The first-order valence-corrected chi connectivity index (χ1v) is 11.2. The maximum atomic E-state index is 12.9. The standard InChI is InChI=1S/C25H31N3O3/c26-17-19-4-3-5-22(16-19)20-10-14-28(15-11-20)25(30)21-6-8-23(9-7-21)31-18-24(29)27-12-1-2-13-27/h3-9,16,20H,1-2,10-15,17-18,26H2. The van der Waals surface area contributed by atoms with Crippen molar-refractivity contribution >= 4 is 11.8 Å². The van der Waals surface area contributed by atoms with Gasteiger partial charge in [0.1, 0.15) is 5.75 Å². The van der Waals surface area contributed by atoms with Gasteiger partial charge in [-0.15, -0.1) is 0 Å². The number of piperidine rings is 1. The summed E-state index contributed by atoms with van der Waals surface area (Å²) in [6, 6.07) is 15.6. The number of carbonyl (C=O) groups excluding carboxylic acids is 2. The Kier molecular flexibility index (Phi) is 6.87. The minimum atomic E-state index is 0.0255. The Labute approximate surface area is 184 Å². The third-order valence-electron chi connectivity index (χ3n) is 6.36. The lowest BCUT2D eigenvalue weighted by atomic mass is 9.88. The molecule has 2 fully saturated rings. The van der Waals surface area contributed by atoms with Gasteiger partial charge in [-0.1, -0.05) is 24.3 Å². The van der Waals surface area contributed by atoms with Gasteiger partial charge in [0.15, 0.2) is 6.61 Å². The van der Waals surface area contributed by atoms with Crippen LogP contribution < -0.4 is 10.5 Å². The third kappa shape index (κ3) is 5.25. The molecule has 2 aliphatic heterocycles. The molecule has 0 atom stereocenters. The molecule has 4 rings (SSSR count). The fourth-order valence-electron chi connectivity index (χ4n) is 4.47. The molecule has 0 saturated carbocycles. The van der Waals surface area contributed by atoms with Crippen molar-refractivity contribution in [2.24, 2.45) is 5.73 Å². The Morgan fingerprint density at radius 3 is 2.32 bits per heavy atom. The molecule has 2 heterocycles. The zero-order valence-electron chi connectivity index (χ0n) is 18.0. The van der Waals surface area contributed by atoms with Gasteiger partial charge in [-0.05, 0) is 67.0 Å². The summed E-state index contributed by atoms with van der Waals surface area (Å²) in [5, 5.41) is 0. The first-order chi connectivity index (χ1) is 15.1. The van der Waals surface area contributed by atoms with Crippen LogP contribution in [-0.2, 0) is 11.3 Å². The highest BCUT2D eigenvalue weighted by atomic mass is 16.5. The second-order valence-electron chi connectivity index (χ2n) is 8.42. The van der Waals surface area contributed by atoms with E-state index in [1.54, 1.807) is 24.3 Å². The predicted molar refractivity (Wildman–Crippen MR) is 120 cm³/mol. The van der Waals surface area contributed by atoms with Crippen molar-refractivity contribution in [3.63, 3.8) is 0 Å². The average molecular weight is 422 g/mol. The van der Waals surface area contributed by atoms with Crippen LogP contribution in [0.25, 0.3) is 0 Å². The van der Waals surface area contributed by atoms with Crippen molar-refractivity contribution in [2.45, 2.75) is 38.1 Å². The van der Waals surface area contributed by atoms with Crippen LogP contribution in [0.3, 0.4) is 0 Å². The number of nitrogens with two attached hydrogens (primary N) is 1. The quantitative estimate of drug-likeness (QED) is 0.777. The molecule has 31 heavy (non-hydrogen) atoms. The normalized spacial score (nSPS) is 17.1. The van der Waals surface area contributed by atoms with Gasteiger partial charge in [-0.2, -0.15) is 0 Å². The molecular weight excluding hydrogens is 390 g/mol. The highest BCUT2D eigenvalue weighted by Gasteiger charge is 2.25. The van der Waals surface area contributed by atoms with E-state index >= 15 is 0 Å². The summed E-state index contributed by atoms with van der Waals surface area (Å²) in [6.45, 7) is 3.75. The van der Waals surface area contributed by atoms with E-state index < -0.39 is 0 Å². The molecule has 0 spiro atoms. The van der Waals surface area contributed by atoms with Crippen molar-refractivity contribution in [3.8, 4) is 5.75 Å². The average Bonchev–Trinajstić information content (AvgIpc) is 3.38. The maximum absolute atomic E-state index is 12.9. The van der Waals surface area contributed by atoms with E-state index in [-0.39, 0.29) is 18.4 Å². The summed E-state index contributed by atoms with van der Waals surface area (Å²) in [4.78, 5) is 28.8. The Morgan fingerprint density at radius 1 is 0.935 bits per heavy atom. The van der Waals surface area contributed by atoms with Crippen LogP contribution in [0.5, 0.6) is 5.75 Å². The predicted octanol–water partition coefficient (Wildman–Crippen LogP) is 3.17. The lowest BCUT2D eigenvalue weighted by molar-refractivity contribution is -0.132. The molecule has 2 aromatic carbocycles. The molecule has 6 nitrogen and oxygen atoms in total. The summed E-state index contributed by atoms with van der Waals surface area (Å²) in [6.07, 6.45) is 4.05. The van der Waals surface area contributed by atoms with Crippen molar-refractivity contribution in [1.29, 1.82) is 0 Å². The molecule has 2 aliphatic rings. The van der Waals surface area contributed by atoms with Crippen molar-refractivity contribution < 1.29 is 14.3 Å². The topological polar surface area (TPSA) is 75.9 Å². The van der Waals surface area contributed by atoms with Gasteiger partial charge in [-0.25, -0.2) is 0 Å². The minimum Gasteiger partial charge on any atom is -0.484 e. The van der Waals surface area contributed by atoms with Crippen molar-refractivity contribution in [3.05, 3.63) is 65.2 Å². The van der Waals surface area contributed by atoms with Crippen LogP contribution in [-0.4, -0.2) is 54.4 Å². The zero-order valence-corrected chi connectivity index (χ0v) is 18.0. The van der Waals surface area contributed by atoms with Gasteiger partial charge in [-0.3, -0.25) is 9.59 Å². The molecule has 0 aromatic heterocycles. The van der Waals surface area contributed by atoms with Crippen LogP contribution in [0.4, 0.5) is 0 Å². The third-order valence-corrected chi connectivity index (χ3v) is 6.36. The van der Waals surface area contributed by atoms with Crippen molar-refractivity contribution in [1.82, 2.24) is 9.80 Å². The van der Waals surface area contributed by atoms with Crippen LogP contribution in [0, 0.1) is 0 Å². The van der Waals surface area contributed by atoms with Gasteiger partial charge >= 0.3 is 0 Å². The Bertz CT molecular complexity index is 898. The summed E-state index contributed by atoms with van der Waals surface area (Å²) >= 11 is 0. The van der Waals surface area contributed by atoms with E-state index in [1.807, 2.05) is 9.80 Å². The van der Waals surface area contributed by atoms with E-state index in [2.05, 4.69) is 24.3 Å². The van der Waals surface area contributed by atoms with E-state index in [1.165, 1.54) is 5.56 Å². The number of amides is 2. The van der Waals surface area contributed by atoms with Gasteiger partial charge in [0.05, 0.1) is 0 Å². The molecule has 2 amide bonds. The van der Waals surface area contributed by atoms with Crippen LogP contribution in [0.15, 0.2) is 48.5 Å². The number of rotatable bonds is 6. The van der Waals surface area contributed by atoms with E-state index in [0.717, 1.165) is 57.4 Å². The van der Waals surface area contributed by atoms with E-state index in [9.17, 15) is 9.59 Å². The second-order valence-corrected chi connectivity index (χ2v) is 8.42. The maximum Gasteiger partial charge on any atom is 0.260 e. The SMILES string of the molecule is NCc1cccc(C2CCN(C(=O)c3ccc(OCC(=O)N4CCCC4)cc3)CC2)c1. The molecule has 0 aliphatic carbocycles. The summed E-state index contributed by atoms with van der Waals surface area (Å²) in [5.41, 5.74) is 8.89. The lowest BCUT2D eigenvalue weighted by Gasteiger charge is -2.32. The molecule has 164 valence electrons. The molecule has 2 saturated heterocycles. The van der Waals surface area contributed by atoms with Gasteiger partial charge in [0, 0.05) is 38.3 Å². The molecule has 2 aromatic rings. The number of ether oxygens (including phenoxy) is 1. The summed E-state index contributed by atoms with van der Waals surface area (Å²) < 4.78 is 5.62.